The lowest BCUT2D eigenvalue weighted by Gasteiger charge is -2.23. The molecule has 1 heteroatoms. The molecule has 1 heterocycles. The van der Waals surface area contributed by atoms with Gasteiger partial charge in [-0.1, -0.05) is 17.6 Å². The van der Waals surface area contributed by atoms with Crippen LogP contribution >= 0.6 is 0 Å². The normalized spacial score (nSPS) is 26.5. The van der Waals surface area contributed by atoms with Crippen molar-refractivity contribution in [3.05, 3.63) is 11.6 Å². The van der Waals surface area contributed by atoms with E-state index >= 15 is 0 Å². The maximum absolute atomic E-state index is 3.44. The van der Waals surface area contributed by atoms with Gasteiger partial charge in [0.15, 0.2) is 0 Å². The summed E-state index contributed by atoms with van der Waals surface area (Å²) in [6, 6.07) is 0.567. The topological polar surface area (TPSA) is 12.0 Å². The van der Waals surface area contributed by atoms with Gasteiger partial charge in [-0.15, -0.1) is 5.92 Å². The molecule has 0 aromatic carbocycles. The first-order valence-corrected chi connectivity index (χ1v) is 4.66. The van der Waals surface area contributed by atoms with Crippen LogP contribution in [0, 0.1) is 11.8 Å². The Kier molecular flexibility index (Phi) is 3.90. The summed E-state index contributed by atoms with van der Waals surface area (Å²) in [6.45, 7) is 5.28. The molecule has 1 nitrogen and oxygen atoms in total. The highest BCUT2D eigenvalue weighted by atomic mass is 14.9. The Bertz CT molecular complexity index is 217. The molecule has 0 aliphatic carbocycles. The first-order chi connectivity index (χ1) is 5.84. The fraction of sp³-hybridized carbons (Fsp3) is 0.636. The van der Waals surface area contributed by atoms with Gasteiger partial charge < -0.3 is 5.32 Å². The Hall–Kier alpha value is -0.740. The van der Waals surface area contributed by atoms with Crippen LogP contribution in [-0.2, 0) is 0 Å². The summed E-state index contributed by atoms with van der Waals surface area (Å²) in [6.07, 6.45) is 5.71. The summed E-state index contributed by atoms with van der Waals surface area (Å²) in [4.78, 5) is 0. The van der Waals surface area contributed by atoms with Crippen molar-refractivity contribution >= 4 is 0 Å². The van der Waals surface area contributed by atoms with Gasteiger partial charge in [0, 0.05) is 12.5 Å². The van der Waals surface area contributed by atoms with E-state index < -0.39 is 0 Å². The average molecular weight is 163 g/mol. The predicted octanol–water partition coefficient (Wildman–Crippen LogP) is 2.10. The standard InChI is InChI=1S/C11H17N/c1-3-4-5-7-11-8-6-9-12-10(11)2/h7,10,12H,5-6,8-9H2,1-2H3/b11-7-. The van der Waals surface area contributed by atoms with E-state index in [4.69, 9.17) is 0 Å². The zero-order valence-electron chi connectivity index (χ0n) is 7.98. The fourth-order valence-corrected chi connectivity index (χ4v) is 1.52. The molecule has 0 bridgehead atoms. The zero-order valence-corrected chi connectivity index (χ0v) is 7.98. The Balaban J connectivity index is 2.45. The van der Waals surface area contributed by atoms with Gasteiger partial charge in [-0.25, -0.2) is 0 Å². The fourth-order valence-electron chi connectivity index (χ4n) is 1.52. The van der Waals surface area contributed by atoms with E-state index in [1.165, 1.54) is 18.4 Å². The van der Waals surface area contributed by atoms with E-state index in [0.29, 0.717) is 6.04 Å². The SMILES string of the molecule is CC#CC/C=C1/CCCNC1C. The summed E-state index contributed by atoms with van der Waals surface area (Å²) >= 11 is 0. The van der Waals surface area contributed by atoms with Crippen molar-refractivity contribution < 1.29 is 0 Å². The monoisotopic (exact) mass is 163 g/mol. The Labute approximate surface area is 75.2 Å². The Morgan fingerprint density at radius 2 is 2.50 bits per heavy atom. The molecule has 1 N–H and O–H groups in total. The highest BCUT2D eigenvalue weighted by molar-refractivity contribution is 5.15. The van der Waals surface area contributed by atoms with Crippen LogP contribution in [0.4, 0.5) is 0 Å². The molecular weight excluding hydrogens is 146 g/mol. The van der Waals surface area contributed by atoms with Crippen molar-refractivity contribution in [1.29, 1.82) is 0 Å². The minimum Gasteiger partial charge on any atom is -0.311 e. The number of rotatable bonds is 1. The molecule has 0 spiro atoms. The average Bonchev–Trinajstić information content (AvgIpc) is 2.09. The second-order valence-corrected chi connectivity index (χ2v) is 3.19. The van der Waals surface area contributed by atoms with Gasteiger partial charge in [0.1, 0.15) is 0 Å². The van der Waals surface area contributed by atoms with E-state index in [1.54, 1.807) is 0 Å². The molecule has 1 rings (SSSR count). The summed E-state index contributed by atoms with van der Waals surface area (Å²) in [5.41, 5.74) is 1.53. The quantitative estimate of drug-likeness (QED) is 0.461. The van der Waals surface area contributed by atoms with Crippen LogP contribution in [0.3, 0.4) is 0 Å². The van der Waals surface area contributed by atoms with Crippen molar-refractivity contribution in [2.24, 2.45) is 0 Å². The van der Waals surface area contributed by atoms with Gasteiger partial charge in [-0.05, 0) is 33.2 Å². The number of nitrogens with one attached hydrogen (secondary N) is 1. The molecular formula is C11H17N. The third kappa shape index (κ3) is 2.71. The van der Waals surface area contributed by atoms with Crippen LogP contribution in [0.1, 0.15) is 33.1 Å². The van der Waals surface area contributed by atoms with Gasteiger partial charge in [-0.2, -0.15) is 0 Å². The van der Waals surface area contributed by atoms with E-state index in [2.05, 4.69) is 30.2 Å². The van der Waals surface area contributed by atoms with Crippen molar-refractivity contribution in [3.63, 3.8) is 0 Å². The Morgan fingerprint density at radius 1 is 1.67 bits per heavy atom. The van der Waals surface area contributed by atoms with Crippen LogP contribution in [0.15, 0.2) is 11.6 Å². The van der Waals surface area contributed by atoms with Crippen LogP contribution in [-0.4, -0.2) is 12.6 Å². The van der Waals surface area contributed by atoms with Crippen molar-refractivity contribution in [1.82, 2.24) is 5.32 Å². The second-order valence-electron chi connectivity index (χ2n) is 3.19. The highest BCUT2D eigenvalue weighted by Gasteiger charge is 2.11. The minimum absolute atomic E-state index is 0.567. The Morgan fingerprint density at radius 3 is 3.17 bits per heavy atom. The molecule has 0 aromatic rings. The molecule has 1 aliphatic heterocycles. The summed E-state index contributed by atoms with van der Waals surface area (Å²) in [5.74, 6) is 5.97. The molecule has 1 saturated heterocycles. The number of piperidine rings is 1. The van der Waals surface area contributed by atoms with Crippen molar-refractivity contribution in [3.8, 4) is 11.8 Å². The lowest BCUT2D eigenvalue weighted by atomic mass is 9.98. The third-order valence-electron chi connectivity index (χ3n) is 2.29. The third-order valence-corrected chi connectivity index (χ3v) is 2.29. The first kappa shape index (κ1) is 9.35. The maximum atomic E-state index is 3.44. The van der Waals surface area contributed by atoms with Gasteiger partial charge in [-0.3, -0.25) is 0 Å². The van der Waals surface area contributed by atoms with E-state index in [-0.39, 0.29) is 0 Å². The molecule has 0 saturated carbocycles. The van der Waals surface area contributed by atoms with Crippen molar-refractivity contribution in [2.75, 3.05) is 6.54 Å². The summed E-state index contributed by atoms with van der Waals surface area (Å²) in [7, 11) is 0. The second kappa shape index (κ2) is 5.00. The van der Waals surface area contributed by atoms with Crippen LogP contribution in [0.5, 0.6) is 0 Å². The molecule has 1 fully saturated rings. The largest absolute Gasteiger partial charge is 0.311 e. The molecule has 0 radical (unpaired) electrons. The smallest absolute Gasteiger partial charge is 0.0272 e. The van der Waals surface area contributed by atoms with Gasteiger partial charge in [0.05, 0.1) is 0 Å². The lowest BCUT2D eigenvalue weighted by molar-refractivity contribution is 0.515. The van der Waals surface area contributed by atoms with E-state index in [0.717, 1.165) is 13.0 Å². The van der Waals surface area contributed by atoms with Crippen LogP contribution in [0.25, 0.3) is 0 Å². The minimum atomic E-state index is 0.567. The van der Waals surface area contributed by atoms with E-state index in [9.17, 15) is 0 Å². The first-order valence-electron chi connectivity index (χ1n) is 4.66. The predicted molar refractivity (Wildman–Crippen MR) is 52.8 cm³/mol. The number of hydrogen-bond donors (Lipinski definition) is 1. The van der Waals surface area contributed by atoms with Crippen LogP contribution < -0.4 is 5.32 Å². The van der Waals surface area contributed by atoms with Gasteiger partial charge in [0.2, 0.25) is 0 Å². The number of allylic oxidation sites excluding steroid dienone is 1. The van der Waals surface area contributed by atoms with Gasteiger partial charge in [0.25, 0.3) is 0 Å². The summed E-state index contributed by atoms with van der Waals surface area (Å²) < 4.78 is 0. The highest BCUT2D eigenvalue weighted by Crippen LogP contribution is 2.15. The van der Waals surface area contributed by atoms with Crippen molar-refractivity contribution in [2.45, 2.75) is 39.2 Å². The molecule has 1 aliphatic rings. The molecule has 0 aromatic heterocycles. The zero-order chi connectivity index (χ0) is 8.81. The number of hydrogen-bond acceptors (Lipinski definition) is 1. The molecule has 1 unspecified atom stereocenters. The summed E-state index contributed by atoms with van der Waals surface area (Å²) in [5, 5.41) is 3.44. The molecule has 0 amide bonds. The molecule has 66 valence electrons. The van der Waals surface area contributed by atoms with Gasteiger partial charge >= 0.3 is 0 Å². The lowest BCUT2D eigenvalue weighted by Crippen LogP contribution is -2.33. The molecule has 12 heavy (non-hydrogen) atoms. The maximum Gasteiger partial charge on any atom is 0.0272 e. The molecule has 1 atom stereocenters. The van der Waals surface area contributed by atoms with E-state index in [1.807, 2.05) is 6.92 Å². The van der Waals surface area contributed by atoms with Crippen LogP contribution in [0.2, 0.25) is 0 Å².